The molecule has 0 amide bonds. The third kappa shape index (κ3) is 5.13. The van der Waals surface area contributed by atoms with Gasteiger partial charge in [0, 0.05) is 0 Å². The average molecular weight is 443 g/mol. The second-order valence-electron chi connectivity index (χ2n) is 7.73. The molecule has 4 aromatic rings. The summed E-state index contributed by atoms with van der Waals surface area (Å²) in [6.07, 6.45) is 0. The van der Waals surface area contributed by atoms with E-state index in [2.05, 4.69) is 0 Å². The Kier molecular flexibility index (Phi) is 6.47. The van der Waals surface area contributed by atoms with Gasteiger partial charge in [-0.25, -0.2) is 0 Å². The Bertz CT molecular complexity index is 986. The highest BCUT2D eigenvalue weighted by atomic mass is 28.4. The molecule has 0 aliphatic rings. The van der Waals surface area contributed by atoms with E-state index in [0.717, 1.165) is 0 Å². The molecule has 0 atom stereocenters. The standard InChI is InChI=1S/C27H26O4Si/c1-27(2,28-23-15-7-3-8-16-23)32(29-24-17-9-4-10-18-24,30-25-19-11-5-12-20-25)31-26-21-13-6-14-22-26/h3-22H,1-2H3. The van der Waals surface area contributed by atoms with Crippen LogP contribution in [0, 0.1) is 0 Å². The van der Waals surface area contributed by atoms with Crippen LogP contribution in [0.15, 0.2) is 121 Å². The first kappa shape index (κ1) is 21.5. The molecule has 0 aromatic heterocycles. The lowest BCUT2D eigenvalue weighted by molar-refractivity contribution is 0.0937. The fourth-order valence-corrected chi connectivity index (χ4v) is 5.65. The minimum Gasteiger partial charge on any atom is -0.481 e. The average Bonchev–Trinajstić information content (AvgIpc) is 2.81. The minimum atomic E-state index is -3.65. The van der Waals surface area contributed by atoms with Crippen LogP contribution in [0.5, 0.6) is 23.0 Å². The first-order valence-electron chi connectivity index (χ1n) is 10.5. The van der Waals surface area contributed by atoms with Gasteiger partial charge in [0.1, 0.15) is 23.0 Å². The van der Waals surface area contributed by atoms with E-state index < -0.39 is 14.0 Å². The Balaban J connectivity index is 1.81. The lowest BCUT2D eigenvalue weighted by Gasteiger charge is -2.40. The van der Waals surface area contributed by atoms with E-state index in [0.29, 0.717) is 23.0 Å². The Hall–Kier alpha value is -3.70. The summed E-state index contributed by atoms with van der Waals surface area (Å²) in [7, 11) is -3.65. The Morgan fingerprint density at radius 3 is 1.03 bits per heavy atom. The van der Waals surface area contributed by atoms with Crippen LogP contribution in [-0.2, 0) is 0 Å². The Labute approximate surface area is 190 Å². The predicted molar refractivity (Wildman–Crippen MR) is 128 cm³/mol. The normalized spacial score (nSPS) is 11.4. The van der Waals surface area contributed by atoms with E-state index in [4.69, 9.17) is 18.0 Å². The molecule has 0 saturated carbocycles. The number of benzene rings is 4. The molecule has 4 aromatic carbocycles. The van der Waals surface area contributed by atoms with E-state index in [1.165, 1.54) is 0 Å². The van der Waals surface area contributed by atoms with E-state index in [9.17, 15) is 0 Å². The summed E-state index contributed by atoms with van der Waals surface area (Å²) >= 11 is 0. The van der Waals surface area contributed by atoms with Crippen molar-refractivity contribution in [2.45, 2.75) is 19.1 Å². The third-order valence-electron chi connectivity index (χ3n) is 4.84. The molecule has 5 heteroatoms. The SMILES string of the molecule is CC(C)(Oc1ccccc1)[Si](Oc1ccccc1)(Oc1ccccc1)Oc1ccccc1. The molecule has 4 rings (SSSR count). The van der Waals surface area contributed by atoms with E-state index >= 15 is 0 Å². The number of hydrogen-bond donors (Lipinski definition) is 0. The van der Waals surface area contributed by atoms with Gasteiger partial charge in [-0.15, -0.1) is 0 Å². The second kappa shape index (κ2) is 9.62. The van der Waals surface area contributed by atoms with Crippen LogP contribution in [-0.4, -0.2) is 14.0 Å². The summed E-state index contributed by atoms with van der Waals surface area (Å²) in [4.78, 5) is 0. The van der Waals surface area contributed by atoms with Crippen LogP contribution in [0.1, 0.15) is 13.8 Å². The zero-order valence-electron chi connectivity index (χ0n) is 18.2. The first-order chi connectivity index (χ1) is 15.6. The predicted octanol–water partition coefficient (Wildman–Crippen LogP) is 6.56. The lowest BCUT2D eigenvalue weighted by atomic mass is 10.3. The van der Waals surface area contributed by atoms with Gasteiger partial charge in [-0.1, -0.05) is 72.8 Å². The summed E-state index contributed by atoms with van der Waals surface area (Å²) in [6.45, 7) is 3.89. The maximum atomic E-state index is 6.62. The molecule has 0 fully saturated rings. The van der Waals surface area contributed by atoms with Gasteiger partial charge in [-0.05, 0) is 62.4 Å². The molecule has 0 radical (unpaired) electrons. The topological polar surface area (TPSA) is 36.9 Å². The monoisotopic (exact) mass is 442 g/mol. The van der Waals surface area contributed by atoms with Gasteiger partial charge >= 0.3 is 8.80 Å². The van der Waals surface area contributed by atoms with Crippen molar-refractivity contribution in [3.8, 4) is 23.0 Å². The van der Waals surface area contributed by atoms with Crippen LogP contribution in [0.25, 0.3) is 0 Å². The largest absolute Gasteiger partial charge is 0.745 e. The van der Waals surface area contributed by atoms with Crippen molar-refractivity contribution in [3.05, 3.63) is 121 Å². The highest BCUT2D eigenvalue weighted by Crippen LogP contribution is 2.34. The second-order valence-corrected chi connectivity index (χ2v) is 10.7. The highest BCUT2D eigenvalue weighted by molar-refractivity contribution is 6.66. The van der Waals surface area contributed by atoms with Crippen molar-refractivity contribution < 1.29 is 18.0 Å². The van der Waals surface area contributed by atoms with Gasteiger partial charge in [0.15, 0.2) is 0 Å². The van der Waals surface area contributed by atoms with E-state index in [1.807, 2.05) is 135 Å². The maximum absolute atomic E-state index is 6.62. The van der Waals surface area contributed by atoms with Crippen molar-refractivity contribution in [1.29, 1.82) is 0 Å². The number of hydrogen-bond acceptors (Lipinski definition) is 4. The summed E-state index contributed by atoms with van der Waals surface area (Å²) in [5, 5.41) is -0.949. The molecule has 0 aliphatic carbocycles. The Morgan fingerprint density at radius 2 is 0.719 bits per heavy atom. The molecular weight excluding hydrogens is 416 g/mol. The van der Waals surface area contributed by atoms with Gasteiger partial charge in [-0.2, -0.15) is 0 Å². The Morgan fingerprint density at radius 1 is 0.438 bits per heavy atom. The van der Waals surface area contributed by atoms with Crippen molar-refractivity contribution >= 4 is 8.80 Å². The van der Waals surface area contributed by atoms with Gasteiger partial charge in [0.2, 0.25) is 5.22 Å². The summed E-state index contributed by atoms with van der Waals surface area (Å²) in [5.41, 5.74) is 0. The van der Waals surface area contributed by atoms with Crippen LogP contribution in [0.2, 0.25) is 0 Å². The van der Waals surface area contributed by atoms with Crippen LogP contribution in [0.4, 0.5) is 0 Å². The molecule has 0 N–H and O–H groups in total. The molecule has 0 unspecified atom stereocenters. The maximum Gasteiger partial charge on any atom is 0.745 e. The van der Waals surface area contributed by atoms with Crippen molar-refractivity contribution in [2.75, 3.05) is 0 Å². The lowest BCUT2D eigenvalue weighted by Crippen LogP contribution is -2.71. The van der Waals surface area contributed by atoms with Crippen LogP contribution in [0.3, 0.4) is 0 Å². The van der Waals surface area contributed by atoms with Crippen LogP contribution < -0.4 is 18.0 Å². The smallest absolute Gasteiger partial charge is 0.481 e. The molecule has 4 nitrogen and oxygen atoms in total. The molecule has 0 spiro atoms. The molecular formula is C27H26O4Si. The molecule has 162 valence electrons. The molecule has 0 saturated heterocycles. The quantitative estimate of drug-likeness (QED) is 0.275. The fraction of sp³-hybridized carbons (Fsp3) is 0.111. The third-order valence-corrected chi connectivity index (χ3v) is 7.93. The molecule has 32 heavy (non-hydrogen) atoms. The minimum absolute atomic E-state index is 0.649. The number of para-hydroxylation sites is 4. The van der Waals surface area contributed by atoms with Gasteiger partial charge < -0.3 is 18.0 Å². The zero-order chi connectivity index (χ0) is 22.3. The highest BCUT2D eigenvalue weighted by Gasteiger charge is 2.66. The number of ether oxygens (including phenoxy) is 1. The van der Waals surface area contributed by atoms with Gasteiger partial charge in [0.25, 0.3) is 0 Å². The van der Waals surface area contributed by atoms with Crippen molar-refractivity contribution in [1.82, 2.24) is 0 Å². The van der Waals surface area contributed by atoms with Crippen molar-refractivity contribution in [2.24, 2.45) is 0 Å². The van der Waals surface area contributed by atoms with E-state index in [-0.39, 0.29) is 0 Å². The molecule has 0 aliphatic heterocycles. The summed E-state index contributed by atoms with van der Waals surface area (Å²) in [5.74, 6) is 2.65. The molecule has 0 heterocycles. The van der Waals surface area contributed by atoms with Gasteiger partial charge in [-0.3, -0.25) is 0 Å². The fourth-order valence-electron chi connectivity index (χ4n) is 3.21. The van der Waals surface area contributed by atoms with Crippen LogP contribution >= 0.6 is 0 Å². The first-order valence-corrected chi connectivity index (χ1v) is 12.3. The molecule has 0 bridgehead atoms. The van der Waals surface area contributed by atoms with Gasteiger partial charge in [0.05, 0.1) is 0 Å². The zero-order valence-corrected chi connectivity index (χ0v) is 19.2. The summed E-state index contributed by atoms with van der Waals surface area (Å²) in [6, 6.07) is 38.3. The van der Waals surface area contributed by atoms with E-state index in [1.54, 1.807) is 0 Å². The number of rotatable bonds is 9. The summed E-state index contributed by atoms with van der Waals surface area (Å²) < 4.78 is 26.3. The van der Waals surface area contributed by atoms with Crippen molar-refractivity contribution in [3.63, 3.8) is 0 Å².